The third-order valence-electron chi connectivity index (χ3n) is 6.17. The number of likely N-dealkylation sites (tertiary alicyclic amines) is 1. The number of aryl methyl sites for hydroxylation is 2. The Morgan fingerprint density at radius 3 is 2.31 bits per heavy atom. The van der Waals surface area contributed by atoms with Crippen LogP contribution in [0.25, 0.3) is 0 Å². The molecule has 0 radical (unpaired) electrons. The molecule has 2 amide bonds. The number of carboxylic acid groups (broad SMARTS) is 2. The Balaban J connectivity index is 2.05. The minimum absolute atomic E-state index is 0.116. The van der Waals surface area contributed by atoms with Crippen molar-refractivity contribution in [2.75, 3.05) is 13.2 Å². The number of ether oxygens (including phenoxy) is 1. The molecule has 11 heteroatoms. The standard InChI is InChI=1S/C25H32N2O9/c1-14-6-4-7-15(2)22(14)25(35)36-13-19(28)17(12-21(31)32)26-23(33)18-8-5-11-27(18)24(34)16(3)9-10-20(29)30/h4,6-7,16-18H,5,8-13H2,1-3H3,(H,26,33)(H,29,30)(H,31,32)/t16-,17-,18-/m1/s1. The summed E-state index contributed by atoms with van der Waals surface area (Å²) in [6.45, 7) is 4.58. The van der Waals surface area contributed by atoms with Crippen molar-refractivity contribution in [1.29, 1.82) is 0 Å². The van der Waals surface area contributed by atoms with E-state index < -0.39 is 60.6 Å². The van der Waals surface area contributed by atoms with E-state index in [1.807, 2.05) is 0 Å². The van der Waals surface area contributed by atoms with Crippen LogP contribution in [0.4, 0.5) is 0 Å². The minimum Gasteiger partial charge on any atom is -0.481 e. The van der Waals surface area contributed by atoms with Crippen molar-refractivity contribution in [3.05, 3.63) is 34.9 Å². The fourth-order valence-corrected chi connectivity index (χ4v) is 4.18. The number of hydrogen-bond acceptors (Lipinski definition) is 7. The van der Waals surface area contributed by atoms with Gasteiger partial charge in [0.05, 0.1) is 12.0 Å². The zero-order valence-corrected chi connectivity index (χ0v) is 20.6. The number of carbonyl (C=O) groups is 6. The molecule has 2 rings (SSSR count). The Kier molecular flexibility index (Phi) is 10.1. The van der Waals surface area contributed by atoms with Crippen LogP contribution in [-0.2, 0) is 28.7 Å². The van der Waals surface area contributed by atoms with Crippen LogP contribution in [0.15, 0.2) is 18.2 Å². The van der Waals surface area contributed by atoms with Crippen LogP contribution < -0.4 is 5.32 Å². The van der Waals surface area contributed by atoms with E-state index in [0.29, 0.717) is 36.1 Å². The average Bonchev–Trinajstić information content (AvgIpc) is 3.29. The van der Waals surface area contributed by atoms with E-state index in [9.17, 15) is 33.9 Å². The number of nitrogens with zero attached hydrogens (tertiary/aromatic N) is 1. The minimum atomic E-state index is -1.46. The number of benzene rings is 1. The number of carboxylic acids is 2. The second-order valence-corrected chi connectivity index (χ2v) is 8.99. The van der Waals surface area contributed by atoms with E-state index in [2.05, 4.69) is 5.32 Å². The summed E-state index contributed by atoms with van der Waals surface area (Å²) in [7, 11) is 0. The van der Waals surface area contributed by atoms with Gasteiger partial charge in [0, 0.05) is 18.9 Å². The predicted octanol–water partition coefficient (Wildman–Crippen LogP) is 1.48. The smallest absolute Gasteiger partial charge is 0.339 e. The molecule has 1 aromatic rings. The third kappa shape index (κ3) is 7.62. The summed E-state index contributed by atoms with van der Waals surface area (Å²) in [5, 5.41) is 20.5. The molecule has 3 atom stereocenters. The van der Waals surface area contributed by atoms with Gasteiger partial charge >= 0.3 is 17.9 Å². The van der Waals surface area contributed by atoms with E-state index >= 15 is 0 Å². The maximum absolute atomic E-state index is 12.9. The van der Waals surface area contributed by atoms with Crippen LogP contribution in [0.5, 0.6) is 0 Å². The van der Waals surface area contributed by atoms with Gasteiger partial charge in [-0.15, -0.1) is 0 Å². The fourth-order valence-electron chi connectivity index (χ4n) is 4.18. The molecule has 0 aromatic heterocycles. The molecule has 1 aliphatic rings. The zero-order chi connectivity index (χ0) is 27.0. The van der Waals surface area contributed by atoms with Crippen LogP contribution in [-0.4, -0.2) is 75.9 Å². The highest BCUT2D eigenvalue weighted by atomic mass is 16.5. The third-order valence-corrected chi connectivity index (χ3v) is 6.17. The first-order valence-corrected chi connectivity index (χ1v) is 11.7. The summed E-state index contributed by atoms with van der Waals surface area (Å²) in [6.07, 6.45) is 0.0543. The van der Waals surface area contributed by atoms with Gasteiger partial charge in [0.15, 0.2) is 12.4 Å². The second kappa shape index (κ2) is 12.8. The SMILES string of the molecule is Cc1cccc(C)c1C(=O)OCC(=O)[C@@H](CC(=O)O)NC(=O)[C@H]1CCCN1C(=O)[C@H](C)CCC(=O)O. The summed E-state index contributed by atoms with van der Waals surface area (Å²) >= 11 is 0. The maximum atomic E-state index is 12.9. The molecule has 0 bridgehead atoms. The quantitative estimate of drug-likeness (QED) is 0.357. The number of carbonyl (C=O) groups excluding carboxylic acids is 4. The van der Waals surface area contributed by atoms with Gasteiger partial charge in [-0.2, -0.15) is 0 Å². The maximum Gasteiger partial charge on any atom is 0.339 e. The first kappa shape index (κ1) is 28.5. The monoisotopic (exact) mass is 504 g/mol. The first-order valence-electron chi connectivity index (χ1n) is 11.7. The Hall–Kier alpha value is -3.76. The molecule has 36 heavy (non-hydrogen) atoms. The van der Waals surface area contributed by atoms with Gasteiger partial charge < -0.3 is 25.2 Å². The number of rotatable bonds is 12. The van der Waals surface area contributed by atoms with Crippen molar-refractivity contribution in [2.45, 2.75) is 65.0 Å². The van der Waals surface area contributed by atoms with E-state index in [4.69, 9.17) is 9.84 Å². The van der Waals surface area contributed by atoms with Gasteiger partial charge in [0.25, 0.3) is 0 Å². The lowest BCUT2D eigenvalue weighted by Gasteiger charge is -2.28. The molecular weight excluding hydrogens is 472 g/mol. The van der Waals surface area contributed by atoms with E-state index in [0.717, 1.165) is 0 Å². The average molecular weight is 505 g/mol. The van der Waals surface area contributed by atoms with E-state index in [-0.39, 0.29) is 18.7 Å². The Labute approximate surface area is 208 Å². The number of nitrogens with one attached hydrogen (secondary N) is 1. The molecule has 0 spiro atoms. The lowest BCUT2D eigenvalue weighted by molar-refractivity contribution is -0.144. The van der Waals surface area contributed by atoms with Crippen LogP contribution in [0.2, 0.25) is 0 Å². The van der Waals surface area contributed by atoms with E-state index in [1.165, 1.54) is 4.90 Å². The number of Topliss-reactive ketones (excluding diaryl/α,β-unsaturated/α-hetero) is 1. The van der Waals surface area contributed by atoms with Crippen molar-refractivity contribution >= 4 is 35.5 Å². The molecule has 11 nitrogen and oxygen atoms in total. The largest absolute Gasteiger partial charge is 0.481 e. The first-order chi connectivity index (χ1) is 16.9. The lowest BCUT2D eigenvalue weighted by atomic mass is 10.0. The molecule has 0 saturated carbocycles. The molecule has 1 heterocycles. The molecule has 196 valence electrons. The van der Waals surface area contributed by atoms with Crippen molar-refractivity contribution in [3.63, 3.8) is 0 Å². The Morgan fingerprint density at radius 2 is 1.72 bits per heavy atom. The Bertz CT molecular complexity index is 1020. The normalized spacial score (nSPS) is 16.6. The molecular formula is C25H32N2O9. The van der Waals surface area contributed by atoms with Gasteiger partial charge in [-0.25, -0.2) is 4.79 Å². The van der Waals surface area contributed by atoms with Crippen LogP contribution in [0.1, 0.15) is 60.5 Å². The molecule has 0 aliphatic carbocycles. The van der Waals surface area contributed by atoms with Gasteiger partial charge in [-0.1, -0.05) is 25.1 Å². The number of ketones is 1. The number of amides is 2. The molecule has 0 unspecified atom stereocenters. The number of hydrogen-bond donors (Lipinski definition) is 3. The Morgan fingerprint density at radius 1 is 1.08 bits per heavy atom. The topological polar surface area (TPSA) is 167 Å². The number of aliphatic carboxylic acids is 2. The van der Waals surface area contributed by atoms with Crippen molar-refractivity contribution in [2.24, 2.45) is 5.92 Å². The van der Waals surface area contributed by atoms with Crippen LogP contribution in [0.3, 0.4) is 0 Å². The van der Waals surface area contributed by atoms with E-state index in [1.54, 1.807) is 39.0 Å². The summed E-state index contributed by atoms with van der Waals surface area (Å²) in [5.74, 6) is -5.58. The van der Waals surface area contributed by atoms with Gasteiger partial charge in [0.2, 0.25) is 11.8 Å². The summed E-state index contributed by atoms with van der Waals surface area (Å²) in [4.78, 5) is 74.4. The lowest BCUT2D eigenvalue weighted by Crippen LogP contribution is -2.52. The zero-order valence-electron chi connectivity index (χ0n) is 20.6. The van der Waals surface area contributed by atoms with Crippen LogP contribution >= 0.6 is 0 Å². The summed E-state index contributed by atoms with van der Waals surface area (Å²) in [6, 6.07) is 2.84. The predicted molar refractivity (Wildman–Crippen MR) is 126 cm³/mol. The van der Waals surface area contributed by atoms with Crippen LogP contribution in [0, 0.1) is 19.8 Å². The van der Waals surface area contributed by atoms with Crippen molar-refractivity contribution < 1.29 is 43.7 Å². The van der Waals surface area contributed by atoms with Gasteiger partial charge in [-0.3, -0.25) is 24.0 Å². The fraction of sp³-hybridized carbons (Fsp3) is 0.520. The highest BCUT2D eigenvalue weighted by molar-refractivity contribution is 5.98. The molecule has 3 N–H and O–H groups in total. The molecule has 1 aromatic carbocycles. The van der Waals surface area contributed by atoms with Crippen molar-refractivity contribution in [3.8, 4) is 0 Å². The second-order valence-electron chi connectivity index (χ2n) is 8.99. The number of esters is 1. The van der Waals surface area contributed by atoms with Crippen molar-refractivity contribution in [1.82, 2.24) is 10.2 Å². The molecule has 1 fully saturated rings. The highest BCUT2D eigenvalue weighted by Gasteiger charge is 2.37. The van der Waals surface area contributed by atoms with Gasteiger partial charge in [-0.05, 0) is 44.2 Å². The summed E-state index contributed by atoms with van der Waals surface area (Å²) in [5.41, 5.74) is 1.62. The summed E-state index contributed by atoms with van der Waals surface area (Å²) < 4.78 is 5.11. The highest BCUT2D eigenvalue weighted by Crippen LogP contribution is 2.22. The molecule has 1 saturated heterocycles. The molecule has 1 aliphatic heterocycles. The van der Waals surface area contributed by atoms with Gasteiger partial charge in [0.1, 0.15) is 12.1 Å².